The van der Waals surface area contributed by atoms with E-state index >= 15 is 0 Å². The van der Waals surface area contributed by atoms with Crippen molar-refractivity contribution in [3.05, 3.63) is 11.8 Å². The highest BCUT2D eigenvalue weighted by Crippen LogP contribution is 2.21. The van der Waals surface area contributed by atoms with Gasteiger partial charge in [-0.3, -0.25) is 9.69 Å². The highest BCUT2D eigenvalue weighted by Gasteiger charge is 2.26. The van der Waals surface area contributed by atoms with Crippen LogP contribution in [-0.2, 0) is 4.79 Å². The Balaban J connectivity index is 1.96. The number of carbonyl (C=O) groups excluding carboxylic acids is 1. The van der Waals surface area contributed by atoms with Crippen LogP contribution in [0.5, 0.6) is 0 Å². The van der Waals surface area contributed by atoms with Crippen LogP contribution in [0.25, 0.3) is 0 Å². The minimum atomic E-state index is -0.186. The summed E-state index contributed by atoms with van der Waals surface area (Å²) in [6.07, 6.45) is 5.39. The van der Waals surface area contributed by atoms with Crippen molar-refractivity contribution in [1.29, 1.82) is 5.26 Å². The van der Waals surface area contributed by atoms with Gasteiger partial charge in [-0.05, 0) is 26.2 Å². The molecule has 19 heavy (non-hydrogen) atoms. The molecule has 1 amide bonds. The van der Waals surface area contributed by atoms with Crippen LogP contribution in [0.1, 0.15) is 26.2 Å². The number of likely N-dealkylation sites (N-methyl/N-ethyl adjacent to an activating group) is 1. The highest BCUT2D eigenvalue weighted by atomic mass is 16.2. The first kappa shape index (κ1) is 14.0. The molecule has 0 spiro atoms. The zero-order valence-electron chi connectivity index (χ0n) is 11.6. The largest absolute Gasteiger partial charge is 0.316 e. The Morgan fingerprint density at radius 3 is 3.16 bits per heavy atom. The Kier molecular flexibility index (Phi) is 4.94. The fraction of sp³-hybridized carbons (Fsp3) is 0.714. The van der Waals surface area contributed by atoms with Crippen molar-refractivity contribution >= 4 is 5.91 Å². The van der Waals surface area contributed by atoms with Crippen molar-refractivity contribution in [1.82, 2.24) is 15.1 Å². The fourth-order valence-corrected chi connectivity index (χ4v) is 2.76. The molecule has 2 rings (SSSR count). The van der Waals surface area contributed by atoms with E-state index in [-0.39, 0.29) is 11.9 Å². The van der Waals surface area contributed by atoms with E-state index in [1.54, 1.807) is 0 Å². The van der Waals surface area contributed by atoms with Gasteiger partial charge in [-0.1, -0.05) is 6.08 Å². The molecule has 1 unspecified atom stereocenters. The van der Waals surface area contributed by atoms with Gasteiger partial charge >= 0.3 is 0 Å². The molecule has 1 heterocycles. The minimum Gasteiger partial charge on any atom is -0.316 e. The van der Waals surface area contributed by atoms with Crippen LogP contribution >= 0.6 is 0 Å². The first-order valence-electron chi connectivity index (χ1n) is 7.10. The van der Waals surface area contributed by atoms with Gasteiger partial charge in [0, 0.05) is 31.9 Å². The molecule has 5 nitrogen and oxygen atoms in total. The topological polar surface area (TPSA) is 59.4 Å². The van der Waals surface area contributed by atoms with Crippen LogP contribution in [-0.4, -0.2) is 54.5 Å². The summed E-state index contributed by atoms with van der Waals surface area (Å²) in [5.74, 6) is 0.123. The summed E-state index contributed by atoms with van der Waals surface area (Å²) < 4.78 is 0. The Labute approximate surface area is 114 Å². The third kappa shape index (κ3) is 3.34. The third-order valence-corrected chi connectivity index (χ3v) is 3.82. The maximum atomic E-state index is 12.4. The molecule has 1 atom stereocenters. The van der Waals surface area contributed by atoms with E-state index in [2.05, 4.69) is 17.5 Å². The van der Waals surface area contributed by atoms with E-state index in [1.165, 1.54) is 0 Å². The lowest BCUT2D eigenvalue weighted by Gasteiger charge is -2.33. The lowest BCUT2D eigenvalue weighted by Crippen LogP contribution is -2.53. The molecule has 1 fully saturated rings. The predicted octanol–water partition coefficient (Wildman–Crippen LogP) is 0.700. The lowest BCUT2D eigenvalue weighted by molar-refractivity contribution is -0.130. The molecular formula is C14H22N4O. The maximum Gasteiger partial charge on any atom is 0.240 e. The van der Waals surface area contributed by atoms with Crippen molar-refractivity contribution in [2.75, 3.05) is 32.7 Å². The quantitative estimate of drug-likeness (QED) is 0.810. The van der Waals surface area contributed by atoms with Crippen LogP contribution in [0, 0.1) is 11.3 Å². The van der Waals surface area contributed by atoms with Crippen LogP contribution in [0.4, 0.5) is 0 Å². The fourth-order valence-electron chi connectivity index (χ4n) is 2.76. The molecule has 2 aliphatic rings. The van der Waals surface area contributed by atoms with Gasteiger partial charge in [0.2, 0.25) is 5.91 Å². The van der Waals surface area contributed by atoms with E-state index in [0.29, 0.717) is 19.6 Å². The second kappa shape index (κ2) is 6.69. The van der Waals surface area contributed by atoms with Crippen molar-refractivity contribution in [2.24, 2.45) is 0 Å². The Morgan fingerprint density at radius 2 is 2.53 bits per heavy atom. The van der Waals surface area contributed by atoms with Crippen molar-refractivity contribution in [3.63, 3.8) is 0 Å². The van der Waals surface area contributed by atoms with E-state index in [0.717, 1.165) is 38.0 Å². The maximum absolute atomic E-state index is 12.4. The number of piperazine rings is 1. The summed E-state index contributed by atoms with van der Waals surface area (Å²) in [4.78, 5) is 16.3. The molecule has 104 valence electrons. The molecule has 0 aromatic heterocycles. The average molecular weight is 262 g/mol. The average Bonchev–Trinajstić information content (AvgIpc) is 2.94. The number of nitriles is 1. The molecular weight excluding hydrogens is 240 g/mol. The van der Waals surface area contributed by atoms with E-state index in [1.807, 2.05) is 16.7 Å². The molecule has 1 N–H and O–H groups in total. The number of hydrogen-bond acceptors (Lipinski definition) is 4. The number of allylic oxidation sites excluding steroid dienone is 2. The summed E-state index contributed by atoms with van der Waals surface area (Å²) in [6, 6.07) is 2.08. The van der Waals surface area contributed by atoms with Crippen LogP contribution in [0.15, 0.2) is 11.8 Å². The third-order valence-electron chi connectivity index (χ3n) is 3.82. The standard InChI is InChI=1S/C14H22N4O/c1-2-18(12-5-3-4-6-12)14(19)11-17-8-7-16-10-13(17)9-15/h5,13,16H,2-4,6-8,10-11H2,1H3. The van der Waals surface area contributed by atoms with Gasteiger partial charge in [-0.25, -0.2) is 0 Å². The zero-order chi connectivity index (χ0) is 13.7. The van der Waals surface area contributed by atoms with Crippen molar-refractivity contribution in [2.45, 2.75) is 32.2 Å². The summed E-state index contributed by atoms with van der Waals surface area (Å²) in [5.41, 5.74) is 1.16. The Morgan fingerprint density at radius 1 is 1.68 bits per heavy atom. The summed E-state index contributed by atoms with van der Waals surface area (Å²) in [6.45, 7) is 5.34. The van der Waals surface area contributed by atoms with Crippen LogP contribution in [0.3, 0.4) is 0 Å². The Bertz CT molecular complexity index is 399. The molecule has 0 radical (unpaired) electrons. The molecule has 1 aliphatic heterocycles. The highest BCUT2D eigenvalue weighted by molar-refractivity contribution is 5.80. The number of rotatable bonds is 4. The molecule has 1 saturated heterocycles. The first-order valence-corrected chi connectivity index (χ1v) is 7.10. The molecule has 0 bridgehead atoms. The molecule has 0 aromatic carbocycles. The minimum absolute atomic E-state index is 0.123. The monoisotopic (exact) mass is 262 g/mol. The Hall–Kier alpha value is -1.38. The van der Waals surface area contributed by atoms with Crippen LogP contribution in [0.2, 0.25) is 0 Å². The van der Waals surface area contributed by atoms with E-state index < -0.39 is 0 Å². The van der Waals surface area contributed by atoms with Crippen molar-refractivity contribution < 1.29 is 4.79 Å². The summed E-state index contributed by atoms with van der Waals surface area (Å²) >= 11 is 0. The second-order valence-corrected chi connectivity index (χ2v) is 5.05. The number of nitrogens with zero attached hydrogens (tertiary/aromatic N) is 3. The lowest BCUT2D eigenvalue weighted by atomic mass is 10.2. The van der Waals surface area contributed by atoms with Gasteiger partial charge in [0.25, 0.3) is 0 Å². The zero-order valence-corrected chi connectivity index (χ0v) is 11.6. The molecule has 1 aliphatic carbocycles. The van der Waals surface area contributed by atoms with E-state index in [9.17, 15) is 4.79 Å². The molecule has 5 heteroatoms. The van der Waals surface area contributed by atoms with Crippen LogP contribution < -0.4 is 5.32 Å². The van der Waals surface area contributed by atoms with Crippen molar-refractivity contribution in [3.8, 4) is 6.07 Å². The van der Waals surface area contributed by atoms with Gasteiger partial charge < -0.3 is 10.2 Å². The number of hydrogen-bond donors (Lipinski definition) is 1. The van der Waals surface area contributed by atoms with Gasteiger partial charge in [0.05, 0.1) is 12.6 Å². The summed E-state index contributed by atoms with van der Waals surface area (Å²) in [5, 5.41) is 12.3. The number of amides is 1. The van der Waals surface area contributed by atoms with Gasteiger partial charge in [0.1, 0.15) is 6.04 Å². The first-order chi connectivity index (χ1) is 9.26. The smallest absolute Gasteiger partial charge is 0.240 e. The molecule has 0 saturated carbocycles. The second-order valence-electron chi connectivity index (χ2n) is 5.05. The number of carbonyl (C=O) groups is 1. The number of nitrogens with one attached hydrogen (secondary N) is 1. The predicted molar refractivity (Wildman–Crippen MR) is 73.2 cm³/mol. The van der Waals surface area contributed by atoms with E-state index in [4.69, 9.17) is 5.26 Å². The molecule has 0 aromatic rings. The SMILES string of the molecule is CCN(C(=O)CN1CCNCC1C#N)C1=CCCC1. The summed E-state index contributed by atoms with van der Waals surface area (Å²) in [7, 11) is 0. The van der Waals surface area contributed by atoms with Gasteiger partial charge in [0.15, 0.2) is 0 Å². The van der Waals surface area contributed by atoms with Gasteiger partial charge in [-0.15, -0.1) is 0 Å². The normalized spacial score (nSPS) is 23.8. The van der Waals surface area contributed by atoms with Gasteiger partial charge in [-0.2, -0.15) is 5.26 Å².